The number of hydrogen-bond acceptors (Lipinski definition) is 4. The van der Waals surface area contributed by atoms with Gasteiger partial charge in [-0.1, -0.05) is 30.4 Å². The molecule has 3 heterocycles. The Hall–Kier alpha value is -1.83. The Bertz CT molecular complexity index is 666. The number of ether oxygens (including phenoxy) is 2. The summed E-state index contributed by atoms with van der Waals surface area (Å²) in [7, 11) is 0. The Kier molecular flexibility index (Phi) is 3.63. The van der Waals surface area contributed by atoms with E-state index < -0.39 is 5.60 Å². The van der Waals surface area contributed by atoms with Gasteiger partial charge in [-0.2, -0.15) is 0 Å². The number of piperidine rings is 1. The van der Waals surface area contributed by atoms with Crippen LogP contribution in [0.1, 0.15) is 25.7 Å². The third-order valence-electron chi connectivity index (χ3n) is 5.30. The molecule has 3 atom stereocenters. The second-order valence-electron chi connectivity index (χ2n) is 6.58. The second-order valence-corrected chi connectivity index (χ2v) is 6.58. The highest BCUT2D eigenvalue weighted by Gasteiger charge is 2.61. The van der Waals surface area contributed by atoms with E-state index in [1.54, 1.807) is 12.2 Å². The zero-order chi connectivity index (χ0) is 15.9. The van der Waals surface area contributed by atoms with Crippen LogP contribution < -0.4 is 0 Å². The van der Waals surface area contributed by atoms with Crippen molar-refractivity contribution >= 4 is 5.97 Å². The van der Waals surface area contributed by atoms with Crippen molar-refractivity contribution in [1.29, 1.82) is 0 Å². The number of nitrogens with zero attached hydrogens (tertiary/aromatic N) is 1. The first-order chi connectivity index (χ1) is 11.2. The topological polar surface area (TPSA) is 38.8 Å². The fourth-order valence-corrected chi connectivity index (χ4v) is 4.49. The molecule has 0 aromatic carbocycles. The number of rotatable bonds is 3. The minimum atomic E-state index is -0.455. The van der Waals surface area contributed by atoms with Gasteiger partial charge in [0.1, 0.15) is 6.61 Å². The molecule has 0 amide bonds. The molecule has 0 aromatic rings. The Morgan fingerprint density at radius 3 is 3.30 bits per heavy atom. The molecule has 0 radical (unpaired) electrons. The van der Waals surface area contributed by atoms with Gasteiger partial charge in [-0.3, -0.25) is 4.90 Å². The van der Waals surface area contributed by atoms with Crippen LogP contribution >= 0.6 is 0 Å². The molecule has 1 aliphatic carbocycles. The van der Waals surface area contributed by atoms with Crippen molar-refractivity contribution < 1.29 is 14.3 Å². The molecule has 2 saturated heterocycles. The summed E-state index contributed by atoms with van der Waals surface area (Å²) in [6, 6.07) is 0.647. The molecular weight excluding hydrogens is 290 g/mol. The minimum Gasteiger partial charge on any atom is -0.449 e. The van der Waals surface area contributed by atoms with Gasteiger partial charge in [0.25, 0.3) is 0 Å². The van der Waals surface area contributed by atoms with Crippen LogP contribution in [0.25, 0.3) is 0 Å². The summed E-state index contributed by atoms with van der Waals surface area (Å²) in [6.07, 6.45) is 9.99. The molecule has 2 fully saturated rings. The van der Waals surface area contributed by atoms with Crippen molar-refractivity contribution in [3.05, 3.63) is 36.0 Å². The van der Waals surface area contributed by atoms with E-state index in [4.69, 9.17) is 9.47 Å². The highest BCUT2D eigenvalue weighted by atomic mass is 16.6. The largest absolute Gasteiger partial charge is 0.449 e. The van der Waals surface area contributed by atoms with Crippen LogP contribution in [-0.2, 0) is 14.3 Å². The molecule has 4 nitrogen and oxygen atoms in total. The third-order valence-corrected chi connectivity index (χ3v) is 5.30. The van der Waals surface area contributed by atoms with Crippen LogP contribution in [0.15, 0.2) is 36.0 Å². The summed E-state index contributed by atoms with van der Waals surface area (Å²) in [6.45, 7) is 5.57. The van der Waals surface area contributed by atoms with Crippen LogP contribution in [0.4, 0.5) is 0 Å². The smallest absolute Gasteiger partial charge is 0.332 e. The van der Waals surface area contributed by atoms with E-state index in [1.165, 1.54) is 12.8 Å². The van der Waals surface area contributed by atoms with Crippen LogP contribution in [-0.4, -0.2) is 48.3 Å². The minimum absolute atomic E-state index is 0.219. The van der Waals surface area contributed by atoms with Gasteiger partial charge in [-0.25, -0.2) is 4.79 Å². The van der Waals surface area contributed by atoms with E-state index in [0.717, 1.165) is 30.5 Å². The number of carbonyl (C=O) groups is 1. The van der Waals surface area contributed by atoms with Gasteiger partial charge in [-0.15, -0.1) is 6.58 Å². The fourth-order valence-electron chi connectivity index (χ4n) is 4.49. The number of fused-ring (bicyclic) bond motifs is 3. The Labute approximate surface area is 136 Å². The van der Waals surface area contributed by atoms with Crippen molar-refractivity contribution in [2.24, 2.45) is 0 Å². The zero-order valence-corrected chi connectivity index (χ0v) is 13.2. The Morgan fingerprint density at radius 2 is 2.43 bits per heavy atom. The maximum Gasteiger partial charge on any atom is 0.332 e. The molecule has 23 heavy (non-hydrogen) atoms. The summed E-state index contributed by atoms with van der Waals surface area (Å²) in [4.78, 5) is 14.5. The van der Waals surface area contributed by atoms with Crippen molar-refractivity contribution in [3.63, 3.8) is 0 Å². The number of hydrogen-bond donors (Lipinski definition) is 0. The molecule has 4 aliphatic rings. The molecule has 0 unspecified atom stereocenters. The first kappa shape index (κ1) is 14.7. The summed E-state index contributed by atoms with van der Waals surface area (Å²) >= 11 is 0. The Morgan fingerprint density at radius 1 is 1.52 bits per heavy atom. The monoisotopic (exact) mass is 311 g/mol. The van der Waals surface area contributed by atoms with Crippen molar-refractivity contribution in [2.75, 3.05) is 19.8 Å². The molecule has 1 spiro atoms. The predicted molar refractivity (Wildman–Crippen MR) is 86.5 cm³/mol. The highest BCUT2D eigenvalue weighted by molar-refractivity contribution is 5.90. The molecule has 0 saturated carbocycles. The van der Waals surface area contributed by atoms with E-state index >= 15 is 0 Å². The quantitative estimate of drug-likeness (QED) is 0.346. The van der Waals surface area contributed by atoms with E-state index in [2.05, 4.69) is 29.4 Å². The summed E-state index contributed by atoms with van der Waals surface area (Å²) in [5.74, 6) is 6.03. The van der Waals surface area contributed by atoms with Crippen LogP contribution in [0.2, 0.25) is 0 Å². The van der Waals surface area contributed by atoms with Crippen LogP contribution in [0.3, 0.4) is 0 Å². The number of esters is 1. The molecule has 3 aliphatic heterocycles. The summed E-state index contributed by atoms with van der Waals surface area (Å²) in [5, 5.41) is 0. The lowest BCUT2D eigenvalue weighted by molar-refractivity contribution is -0.148. The maximum absolute atomic E-state index is 12.0. The lowest BCUT2D eigenvalue weighted by atomic mass is 9.77. The van der Waals surface area contributed by atoms with Gasteiger partial charge >= 0.3 is 5.97 Å². The second kappa shape index (κ2) is 5.67. The maximum atomic E-state index is 12.0. The highest BCUT2D eigenvalue weighted by Crippen LogP contribution is 2.53. The molecule has 0 aromatic heterocycles. The van der Waals surface area contributed by atoms with E-state index in [-0.39, 0.29) is 5.97 Å². The molecular formula is C19H21NO3. The lowest BCUT2D eigenvalue weighted by Gasteiger charge is -2.38. The third kappa shape index (κ3) is 2.27. The van der Waals surface area contributed by atoms with Crippen molar-refractivity contribution in [1.82, 2.24) is 4.90 Å². The Balaban J connectivity index is 1.64. The average molecular weight is 311 g/mol. The molecule has 120 valence electrons. The summed E-state index contributed by atoms with van der Waals surface area (Å²) < 4.78 is 11.2. The normalized spacial score (nSPS) is 34.5. The first-order valence-corrected chi connectivity index (χ1v) is 8.35. The molecule has 0 N–H and O–H groups in total. The zero-order valence-electron chi connectivity index (χ0n) is 13.2. The van der Waals surface area contributed by atoms with Crippen LogP contribution in [0.5, 0.6) is 0 Å². The average Bonchev–Trinajstić information content (AvgIpc) is 3.03. The van der Waals surface area contributed by atoms with Gasteiger partial charge in [0.15, 0.2) is 5.60 Å². The van der Waals surface area contributed by atoms with Gasteiger partial charge in [-0.05, 0) is 19.4 Å². The van der Waals surface area contributed by atoms with E-state index in [0.29, 0.717) is 25.3 Å². The molecule has 4 rings (SSSR count). The lowest BCUT2D eigenvalue weighted by Crippen LogP contribution is -2.48. The van der Waals surface area contributed by atoms with Gasteiger partial charge in [0, 0.05) is 29.7 Å². The molecule has 4 heteroatoms. The van der Waals surface area contributed by atoms with Crippen LogP contribution in [0, 0.1) is 11.8 Å². The van der Waals surface area contributed by atoms with E-state index in [1.807, 2.05) is 0 Å². The first-order valence-electron chi connectivity index (χ1n) is 8.35. The molecule has 2 bridgehead atoms. The van der Waals surface area contributed by atoms with Crippen molar-refractivity contribution in [3.8, 4) is 11.8 Å². The van der Waals surface area contributed by atoms with Gasteiger partial charge in [0.05, 0.1) is 12.6 Å². The van der Waals surface area contributed by atoms with Gasteiger partial charge in [0.2, 0.25) is 0 Å². The van der Waals surface area contributed by atoms with Crippen molar-refractivity contribution in [2.45, 2.75) is 43.4 Å². The van der Waals surface area contributed by atoms with E-state index in [9.17, 15) is 4.79 Å². The summed E-state index contributed by atoms with van der Waals surface area (Å²) in [5.41, 5.74) is 1.48. The fraction of sp³-hybridized carbons (Fsp3) is 0.526. The predicted octanol–water partition coefficient (Wildman–Crippen LogP) is 1.98. The SMILES string of the molecule is C=CCOCC#CC1=C[C@@H]2C[C@@]3(OC(=O)C=C13)[C@H]1CCCCN21. The number of carbonyl (C=O) groups excluding carboxylic acids is 1. The standard InChI is InChI=1S/C19H21NO3/c1-2-9-22-10-5-6-14-11-15-13-19(16(14)12-18(21)23-19)17-7-3-4-8-20(15)17/h2,11-12,15,17H,1,3-4,7-10,13H2/t15-,17-,19+/m1/s1. The van der Waals surface area contributed by atoms with Gasteiger partial charge < -0.3 is 9.47 Å².